The van der Waals surface area contributed by atoms with E-state index in [2.05, 4.69) is 57.4 Å². The molecule has 0 saturated carbocycles. The van der Waals surface area contributed by atoms with Crippen molar-refractivity contribution >= 4 is 17.5 Å². The normalized spacial score (nSPS) is 20.2. The van der Waals surface area contributed by atoms with Gasteiger partial charge in [-0.3, -0.25) is 19.2 Å². The second-order valence-electron chi connectivity index (χ2n) is 11.7. The van der Waals surface area contributed by atoms with Gasteiger partial charge >= 0.3 is 0 Å². The molecule has 0 radical (unpaired) electrons. The lowest BCUT2D eigenvalue weighted by atomic mass is 9.92. The highest BCUT2D eigenvalue weighted by molar-refractivity contribution is 5.95. The minimum absolute atomic E-state index is 0.102. The number of hydrogen-bond donors (Lipinski definition) is 0. The quantitative estimate of drug-likeness (QED) is 0.431. The van der Waals surface area contributed by atoms with E-state index >= 15 is 0 Å². The lowest BCUT2D eigenvalue weighted by molar-refractivity contribution is -0.133. The standard InChI is InChI=1S/C33H43N5O2/c1-25(2)33(40)37-21-19-29-13-9-14-30(38(29)22-26-10-5-4-6-11-26)24-36(23-27-12-7-8-15-31(27)37)32(39)17-16-28-18-20-34-35(28)3/h4-8,10-12,15,18,20,25,29-30H,9,13-14,16-17,19,21-24H2,1-3H3. The number of carbonyl (C=O) groups is 2. The van der Waals surface area contributed by atoms with Crippen LogP contribution < -0.4 is 4.90 Å². The van der Waals surface area contributed by atoms with Crippen molar-refractivity contribution in [3.8, 4) is 0 Å². The highest BCUT2D eigenvalue weighted by Gasteiger charge is 2.35. The molecule has 2 unspecified atom stereocenters. The Kier molecular flexibility index (Phi) is 9.00. The van der Waals surface area contributed by atoms with Crippen LogP contribution in [0, 0.1) is 5.92 Å². The summed E-state index contributed by atoms with van der Waals surface area (Å²) < 4.78 is 1.85. The molecule has 7 nitrogen and oxygen atoms in total. The fourth-order valence-electron chi connectivity index (χ4n) is 6.38. The summed E-state index contributed by atoms with van der Waals surface area (Å²) in [5.74, 6) is 0.191. The van der Waals surface area contributed by atoms with E-state index in [9.17, 15) is 9.59 Å². The van der Waals surface area contributed by atoms with E-state index < -0.39 is 0 Å². The number of fused-ring (bicyclic) bond motifs is 3. The van der Waals surface area contributed by atoms with Crippen LogP contribution in [-0.4, -0.2) is 56.6 Å². The van der Waals surface area contributed by atoms with Crippen LogP contribution in [0.15, 0.2) is 66.9 Å². The number of piperidine rings is 1. The van der Waals surface area contributed by atoms with E-state index in [4.69, 9.17) is 0 Å². The zero-order valence-electron chi connectivity index (χ0n) is 24.2. The maximum absolute atomic E-state index is 13.9. The van der Waals surface area contributed by atoms with Gasteiger partial charge in [0.05, 0.1) is 0 Å². The first kappa shape index (κ1) is 28.1. The molecule has 2 amide bonds. The van der Waals surface area contributed by atoms with Gasteiger partial charge in [-0.1, -0.05) is 68.8 Å². The lowest BCUT2D eigenvalue weighted by Gasteiger charge is -2.44. The number of para-hydroxylation sites is 1. The van der Waals surface area contributed by atoms with Gasteiger partial charge in [-0.25, -0.2) is 0 Å². The molecule has 1 saturated heterocycles. The summed E-state index contributed by atoms with van der Waals surface area (Å²) in [6.45, 7) is 6.69. The molecule has 7 heteroatoms. The van der Waals surface area contributed by atoms with Gasteiger partial charge < -0.3 is 9.80 Å². The van der Waals surface area contributed by atoms with Gasteiger partial charge in [0.25, 0.3) is 0 Å². The average molecular weight is 542 g/mol. The molecular weight excluding hydrogens is 498 g/mol. The lowest BCUT2D eigenvalue weighted by Crippen LogP contribution is -2.52. The van der Waals surface area contributed by atoms with Crippen LogP contribution in [0.1, 0.15) is 62.8 Å². The molecule has 40 heavy (non-hydrogen) atoms. The van der Waals surface area contributed by atoms with Crippen molar-refractivity contribution in [2.45, 2.75) is 77.5 Å². The number of aromatic nitrogens is 2. The van der Waals surface area contributed by atoms with Crippen molar-refractivity contribution in [2.24, 2.45) is 13.0 Å². The van der Waals surface area contributed by atoms with Gasteiger partial charge in [0.15, 0.2) is 0 Å². The van der Waals surface area contributed by atoms with E-state index in [1.807, 2.05) is 48.7 Å². The molecular formula is C33H43N5O2. The summed E-state index contributed by atoms with van der Waals surface area (Å²) in [7, 11) is 1.92. The summed E-state index contributed by atoms with van der Waals surface area (Å²) in [6.07, 6.45) is 7.13. The predicted molar refractivity (Wildman–Crippen MR) is 159 cm³/mol. The van der Waals surface area contributed by atoms with Crippen LogP contribution in [0.25, 0.3) is 0 Å². The Labute approximate surface area is 238 Å². The molecule has 212 valence electrons. The SMILES string of the molecule is CC(C)C(=O)N1CCC2CCCC(CN(C(=O)CCc3ccnn3C)Cc3ccccc31)N2Cc1ccccc1. The van der Waals surface area contributed by atoms with E-state index in [-0.39, 0.29) is 23.8 Å². The molecule has 2 atom stereocenters. The van der Waals surface area contributed by atoms with Gasteiger partial charge in [0.1, 0.15) is 0 Å². The first-order valence-corrected chi connectivity index (χ1v) is 14.8. The first-order valence-electron chi connectivity index (χ1n) is 14.8. The minimum atomic E-state index is -0.102. The van der Waals surface area contributed by atoms with Crippen molar-refractivity contribution in [3.05, 3.63) is 83.7 Å². The Morgan fingerprint density at radius 2 is 1.70 bits per heavy atom. The third-order valence-electron chi connectivity index (χ3n) is 8.61. The van der Waals surface area contributed by atoms with Crippen molar-refractivity contribution in [1.82, 2.24) is 19.6 Å². The van der Waals surface area contributed by atoms with E-state index in [1.165, 1.54) is 5.56 Å². The summed E-state index contributed by atoms with van der Waals surface area (Å²) in [5, 5.41) is 4.28. The number of hydrogen-bond acceptors (Lipinski definition) is 4. The number of aryl methyl sites for hydroxylation is 2. The number of carbonyl (C=O) groups excluding carboxylic acids is 2. The number of nitrogens with zero attached hydrogens (tertiary/aromatic N) is 5. The molecule has 0 N–H and O–H groups in total. The Morgan fingerprint density at radius 1 is 0.950 bits per heavy atom. The third-order valence-corrected chi connectivity index (χ3v) is 8.61. The van der Waals surface area contributed by atoms with Gasteiger partial charge in [-0.2, -0.15) is 5.10 Å². The van der Waals surface area contributed by atoms with Crippen molar-refractivity contribution in [2.75, 3.05) is 18.0 Å². The summed E-state index contributed by atoms with van der Waals surface area (Å²) in [5.41, 5.74) is 4.33. The molecule has 3 heterocycles. The largest absolute Gasteiger partial charge is 0.337 e. The highest BCUT2D eigenvalue weighted by Crippen LogP contribution is 2.32. The van der Waals surface area contributed by atoms with Gasteiger partial charge in [-0.15, -0.1) is 0 Å². The molecule has 3 aromatic rings. The molecule has 0 spiro atoms. The monoisotopic (exact) mass is 541 g/mol. The van der Waals surface area contributed by atoms with Crippen LogP contribution in [0.3, 0.4) is 0 Å². The smallest absolute Gasteiger partial charge is 0.229 e. The van der Waals surface area contributed by atoms with Crippen LogP contribution in [0.5, 0.6) is 0 Å². The van der Waals surface area contributed by atoms with Crippen molar-refractivity contribution < 1.29 is 9.59 Å². The molecule has 2 bridgehead atoms. The zero-order chi connectivity index (χ0) is 28.1. The minimum Gasteiger partial charge on any atom is -0.337 e. The van der Waals surface area contributed by atoms with Gasteiger partial charge in [0, 0.05) is 75.2 Å². The zero-order valence-corrected chi connectivity index (χ0v) is 24.2. The summed E-state index contributed by atoms with van der Waals surface area (Å²) >= 11 is 0. The Balaban J connectivity index is 1.50. The van der Waals surface area contributed by atoms with E-state index in [0.717, 1.165) is 49.2 Å². The van der Waals surface area contributed by atoms with Crippen LogP contribution in [0.4, 0.5) is 5.69 Å². The van der Waals surface area contributed by atoms with E-state index in [1.54, 1.807) is 6.20 Å². The first-order chi connectivity index (χ1) is 19.4. The second kappa shape index (κ2) is 12.8. The molecule has 2 aromatic carbocycles. The second-order valence-corrected chi connectivity index (χ2v) is 11.7. The van der Waals surface area contributed by atoms with Gasteiger partial charge in [-0.05, 0) is 48.9 Å². The number of amides is 2. The summed E-state index contributed by atoms with van der Waals surface area (Å²) in [4.78, 5) is 34.2. The third kappa shape index (κ3) is 6.47. The fourth-order valence-corrected chi connectivity index (χ4v) is 6.38. The van der Waals surface area contributed by atoms with E-state index in [0.29, 0.717) is 38.5 Å². The molecule has 1 fully saturated rings. The van der Waals surface area contributed by atoms with Crippen LogP contribution in [-0.2, 0) is 36.1 Å². The Hall–Kier alpha value is -3.45. The molecule has 0 aliphatic carbocycles. The Bertz CT molecular complexity index is 1290. The van der Waals surface area contributed by atoms with Gasteiger partial charge in [0.2, 0.25) is 11.8 Å². The predicted octanol–water partition coefficient (Wildman–Crippen LogP) is 5.20. The highest BCUT2D eigenvalue weighted by atomic mass is 16.2. The average Bonchev–Trinajstić information content (AvgIpc) is 3.37. The van der Waals surface area contributed by atoms with Crippen LogP contribution >= 0.6 is 0 Å². The molecule has 5 rings (SSSR count). The maximum atomic E-state index is 13.9. The molecule has 2 aliphatic heterocycles. The van der Waals surface area contributed by atoms with Crippen molar-refractivity contribution in [3.63, 3.8) is 0 Å². The maximum Gasteiger partial charge on any atom is 0.229 e. The topological polar surface area (TPSA) is 61.7 Å². The number of rotatable bonds is 6. The molecule has 2 aliphatic rings. The summed E-state index contributed by atoms with van der Waals surface area (Å²) in [6, 6.07) is 21.5. The fraction of sp³-hybridized carbons (Fsp3) is 0.485. The molecule has 1 aromatic heterocycles. The Morgan fingerprint density at radius 3 is 2.45 bits per heavy atom. The van der Waals surface area contributed by atoms with Crippen LogP contribution in [0.2, 0.25) is 0 Å². The number of anilines is 1. The van der Waals surface area contributed by atoms with Crippen molar-refractivity contribution in [1.29, 1.82) is 0 Å². The number of benzene rings is 2.